The Labute approximate surface area is 143 Å². The van der Waals surface area contributed by atoms with Gasteiger partial charge in [0.05, 0.1) is 6.61 Å². The van der Waals surface area contributed by atoms with Gasteiger partial charge in [-0.2, -0.15) is 0 Å². The highest BCUT2D eigenvalue weighted by Crippen LogP contribution is 2.20. The highest BCUT2D eigenvalue weighted by molar-refractivity contribution is 5.89. The highest BCUT2D eigenvalue weighted by Gasteiger charge is 2.08. The molecule has 2 aromatic carbocycles. The number of aliphatic hydroxyl groups is 1. The molecule has 2 rings (SSSR count). The van der Waals surface area contributed by atoms with Gasteiger partial charge in [0, 0.05) is 31.0 Å². The minimum atomic E-state index is -0.271. The Hall–Kier alpha value is -2.53. The van der Waals surface area contributed by atoms with Crippen molar-refractivity contribution in [3.8, 4) is 0 Å². The fraction of sp³-hybridized carbons (Fsp3) is 0.316. The van der Waals surface area contributed by atoms with Crippen LogP contribution in [0.25, 0.3) is 0 Å². The molecule has 5 heteroatoms. The summed E-state index contributed by atoms with van der Waals surface area (Å²) in [7, 11) is 2.02. The van der Waals surface area contributed by atoms with Gasteiger partial charge in [-0.1, -0.05) is 30.3 Å². The average Bonchev–Trinajstić information content (AvgIpc) is 2.59. The van der Waals surface area contributed by atoms with Gasteiger partial charge >= 0.3 is 6.03 Å². The summed E-state index contributed by atoms with van der Waals surface area (Å²) in [6.45, 7) is 4.56. The van der Waals surface area contributed by atoms with Gasteiger partial charge in [0.15, 0.2) is 0 Å². The second kappa shape index (κ2) is 8.36. The third-order valence-electron chi connectivity index (χ3n) is 4.01. The van der Waals surface area contributed by atoms with E-state index in [0.717, 1.165) is 22.5 Å². The topological polar surface area (TPSA) is 64.6 Å². The van der Waals surface area contributed by atoms with E-state index in [9.17, 15) is 9.90 Å². The second-order valence-corrected chi connectivity index (χ2v) is 5.99. The molecule has 3 N–H and O–H groups in total. The minimum absolute atomic E-state index is 0.0386. The lowest BCUT2D eigenvalue weighted by atomic mass is 10.1. The van der Waals surface area contributed by atoms with Crippen molar-refractivity contribution < 1.29 is 9.90 Å². The number of amides is 2. The number of nitrogens with one attached hydrogen (secondary N) is 2. The van der Waals surface area contributed by atoms with Crippen molar-refractivity contribution in [3.05, 3.63) is 59.7 Å². The Kier molecular flexibility index (Phi) is 6.21. The van der Waals surface area contributed by atoms with Crippen molar-refractivity contribution in [3.63, 3.8) is 0 Å². The lowest BCUT2D eigenvalue weighted by Crippen LogP contribution is -2.29. The molecule has 0 saturated carbocycles. The maximum atomic E-state index is 12.1. The molecular formula is C19H25N3O2. The number of rotatable bonds is 6. The normalized spacial score (nSPS) is 10.5. The first kappa shape index (κ1) is 17.8. The second-order valence-electron chi connectivity index (χ2n) is 5.99. The summed E-state index contributed by atoms with van der Waals surface area (Å²) in [6, 6.07) is 15.3. The van der Waals surface area contributed by atoms with Crippen LogP contribution in [0.3, 0.4) is 0 Å². The van der Waals surface area contributed by atoms with Crippen LogP contribution < -0.4 is 15.5 Å². The monoisotopic (exact) mass is 327 g/mol. The van der Waals surface area contributed by atoms with E-state index in [1.54, 1.807) is 0 Å². The number of hydrogen-bond acceptors (Lipinski definition) is 3. The van der Waals surface area contributed by atoms with Gasteiger partial charge in [0.25, 0.3) is 0 Å². The van der Waals surface area contributed by atoms with E-state index < -0.39 is 0 Å². The summed E-state index contributed by atoms with van der Waals surface area (Å²) < 4.78 is 0. The number of hydrogen-bond donors (Lipinski definition) is 3. The van der Waals surface area contributed by atoms with E-state index in [2.05, 4.69) is 29.4 Å². The standard InChI is InChI=1S/C19H25N3O2/c1-14(2)22(3)18-10-6-9-17(11-18)21-19(24)20-12-15-7-4-5-8-16(15)13-23/h4-11,14,23H,12-13H2,1-3H3,(H2,20,21,24). The number of urea groups is 1. The lowest BCUT2D eigenvalue weighted by molar-refractivity contribution is 0.251. The largest absolute Gasteiger partial charge is 0.392 e. The maximum Gasteiger partial charge on any atom is 0.319 e. The smallest absolute Gasteiger partial charge is 0.319 e. The number of nitrogens with zero attached hydrogens (tertiary/aromatic N) is 1. The molecule has 0 heterocycles. The van der Waals surface area contributed by atoms with Crippen molar-refractivity contribution in [1.29, 1.82) is 0 Å². The predicted molar refractivity (Wildman–Crippen MR) is 98.2 cm³/mol. The number of anilines is 2. The fourth-order valence-corrected chi connectivity index (χ4v) is 2.34. The summed E-state index contributed by atoms with van der Waals surface area (Å²) >= 11 is 0. The molecule has 0 aliphatic rings. The van der Waals surface area contributed by atoms with Crippen molar-refractivity contribution in [2.75, 3.05) is 17.3 Å². The van der Waals surface area contributed by atoms with E-state index in [0.29, 0.717) is 12.6 Å². The molecule has 0 bridgehead atoms. The SMILES string of the molecule is CC(C)N(C)c1cccc(NC(=O)NCc2ccccc2CO)c1. The quantitative estimate of drug-likeness (QED) is 0.762. The summed E-state index contributed by atoms with van der Waals surface area (Å²) in [5.41, 5.74) is 3.52. The lowest BCUT2D eigenvalue weighted by Gasteiger charge is -2.24. The molecule has 0 radical (unpaired) electrons. The average molecular weight is 327 g/mol. The highest BCUT2D eigenvalue weighted by atomic mass is 16.3. The van der Waals surface area contributed by atoms with E-state index in [4.69, 9.17) is 0 Å². The first-order chi connectivity index (χ1) is 11.5. The van der Waals surface area contributed by atoms with Crippen LogP contribution in [0.4, 0.5) is 16.2 Å². The van der Waals surface area contributed by atoms with Crippen LogP contribution in [0.1, 0.15) is 25.0 Å². The van der Waals surface area contributed by atoms with Gasteiger partial charge in [0.2, 0.25) is 0 Å². The summed E-state index contributed by atoms with van der Waals surface area (Å²) in [5.74, 6) is 0. The van der Waals surface area contributed by atoms with E-state index in [-0.39, 0.29) is 12.6 Å². The zero-order valence-electron chi connectivity index (χ0n) is 14.4. The van der Waals surface area contributed by atoms with Gasteiger partial charge in [-0.3, -0.25) is 0 Å². The van der Waals surface area contributed by atoms with Crippen LogP contribution >= 0.6 is 0 Å². The van der Waals surface area contributed by atoms with Crippen molar-refractivity contribution >= 4 is 17.4 Å². The molecule has 0 fully saturated rings. The maximum absolute atomic E-state index is 12.1. The Bertz CT molecular complexity index is 686. The van der Waals surface area contributed by atoms with Gasteiger partial charge < -0.3 is 20.6 Å². The molecule has 24 heavy (non-hydrogen) atoms. The first-order valence-corrected chi connectivity index (χ1v) is 8.06. The van der Waals surface area contributed by atoms with Gasteiger partial charge in [-0.05, 0) is 43.2 Å². The summed E-state index contributed by atoms with van der Waals surface area (Å²) in [6.07, 6.45) is 0. The van der Waals surface area contributed by atoms with Crippen molar-refractivity contribution in [2.45, 2.75) is 33.0 Å². The van der Waals surface area contributed by atoms with E-state index in [1.807, 2.05) is 55.6 Å². The number of aliphatic hydroxyl groups excluding tert-OH is 1. The van der Waals surface area contributed by atoms with E-state index >= 15 is 0 Å². The Morgan fingerprint density at radius 1 is 1.12 bits per heavy atom. The van der Waals surface area contributed by atoms with Crippen molar-refractivity contribution in [1.82, 2.24) is 5.32 Å². The van der Waals surface area contributed by atoms with Crippen LogP contribution in [0.15, 0.2) is 48.5 Å². The zero-order valence-corrected chi connectivity index (χ0v) is 14.4. The van der Waals surface area contributed by atoms with Gasteiger partial charge in [-0.25, -0.2) is 4.79 Å². The van der Waals surface area contributed by atoms with E-state index in [1.165, 1.54) is 0 Å². The zero-order chi connectivity index (χ0) is 17.5. The predicted octanol–water partition coefficient (Wildman–Crippen LogP) is 3.35. The summed E-state index contributed by atoms with van der Waals surface area (Å²) in [5, 5.41) is 15.0. The number of carbonyl (C=O) groups excluding carboxylic acids is 1. The fourth-order valence-electron chi connectivity index (χ4n) is 2.34. The third-order valence-corrected chi connectivity index (χ3v) is 4.01. The molecule has 0 unspecified atom stereocenters. The molecule has 128 valence electrons. The molecule has 0 atom stereocenters. The number of carbonyl (C=O) groups is 1. The molecule has 0 saturated heterocycles. The molecule has 0 spiro atoms. The number of benzene rings is 2. The Morgan fingerprint density at radius 2 is 1.83 bits per heavy atom. The summed E-state index contributed by atoms with van der Waals surface area (Å²) in [4.78, 5) is 14.2. The van der Waals surface area contributed by atoms with Gasteiger partial charge in [-0.15, -0.1) is 0 Å². The molecule has 0 aliphatic carbocycles. The Balaban J connectivity index is 1.96. The Morgan fingerprint density at radius 3 is 2.50 bits per heavy atom. The molecule has 0 aliphatic heterocycles. The molecular weight excluding hydrogens is 302 g/mol. The van der Waals surface area contributed by atoms with Gasteiger partial charge in [0.1, 0.15) is 0 Å². The molecule has 0 aromatic heterocycles. The van der Waals surface area contributed by atoms with Crippen molar-refractivity contribution in [2.24, 2.45) is 0 Å². The molecule has 2 amide bonds. The van der Waals surface area contributed by atoms with Crippen LogP contribution in [0.2, 0.25) is 0 Å². The minimum Gasteiger partial charge on any atom is -0.392 e. The third kappa shape index (κ3) is 4.73. The molecule has 5 nitrogen and oxygen atoms in total. The molecule has 2 aromatic rings. The van der Waals surface area contributed by atoms with Crippen LogP contribution in [0, 0.1) is 0 Å². The van der Waals surface area contributed by atoms with Crippen LogP contribution in [-0.4, -0.2) is 24.2 Å². The van der Waals surface area contributed by atoms with Crippen LogP contribution in [-0.2, 0) is 13.2 Å². The van der Waals surface area contributed by atoms with Crippen LogP contribution in [0.5, 0.6) is 0 Å². The first-order valence-electron chi connectivity index (χ1n) is 8.06.